The van der Waals surface area contributed by atoms with Gasteiger partial charge in [0.1, 0.15) is 0 Å². The summed E-state index contributed by atoms with van der Waals surface area (Å²) in [4.78, 5) is 0.244. The largest absolute Gasteiger partial charge is 0.472 e. The summed E-state index contributed by atoms with van der Waals surface area (Å²) in [6.45, 7) is 0.137. The van der Waals surface area contributed by atoms with Gasteiger partial charge in [0.2, 0.25) is 10.0 Å². The number of benzene rings is 2. The van der Waals surface area contributed by atoms with Gasteiger partial charge < -0.3 is 9.52 Å². The first-order valence-electron chi connectivity index (χ1n) is 7.25. The summed E-state index contributed by atoms with van der Waals surface area (Å²) in [5.74, 6) is 0. The van der Waals surface area contributed by atoms with Gasteiger partial charge in [0, 0.05) is 17.5 Å². The average Bonchev–Trinajstić information content (AvgIpc) is 3.08. The molecular weight excluding hydrogens is 314 g/mol. The van der Waals surface area contributed by atoms with Crippen LogP contribution >= 0.6 is 0 Å². The van der Waals surface area contributed by atoms with Gasteiger partial charge in [-0.15, -0.1) is 0 Å². The van der Waals surface area contributed by atoms with Crippen LogP contribution in [0.1, 0.15) is 18.1 Å². The van der Waals surface area contributed by atoms with Crippen LogP contribution in [-0.4, -0.2) is 20.1 Å². The molecule has 1 heterocycles. The molecule has 0 bridgehead atoms. The van der Waals surface area contributed by atoms with Crippen LogP contribution in [0.25, 0.3) is 10.8 Å². The van der Waals surface area contributed by atoms with Crippen molar-refractivity contribution >= 4 is 20.8 Å². The Balaban J connectivity index is 1.74. The van der Waals surface area contributed by atoms with Gasteiger partial charge in [0.15, 0.2) is 0 Å². The molecule has 2 aromatic carbocycles. The molecule has 6 heteroatoms. The first-order chi connectivity index (χ1) is 11.1. The Morgan fingerprint density at radius 3 is 2.65 bits per heavy atom. The molecule has 3 rings (SSSR count). The number of fused-ring (bicyclic) bond motifs is 1. The molecule has 23 heavy (non-hydrogen) atoms. The maximum atomic E-state index is 12.5. The van der Waals surface area contributed by atoms with Gasteiger partial charge in [0.05, 0.1) is 23.5 Å². The topological polar surface area (TPSA) is 79.5 Å². The van der Waals surface area contributed by atoms with E-state index in [1.807, 2.05) is 24.3 Å². The summed E-state index contributed by atoms with van der Waals surface area (Å²) in [5, 5.41) is 11.5. The zero-order chi connectivity index (χ0) is 16.3. The van der Waals surface area contributed by atoms with Crippen LogP contribution in [0.5, 0.6) is 0 Å². The SMILES string of the molecule is O=S(=O)(NCCC(O)c1ccoc1)c1cccc2ccccc12. The van der Waals surface area contributed by atoms with E-state index in [2.05, 4.69) is 4.72 Å². The van der Waals surface area contributed by atoms with Gasteiger partial charge in [-0.3, -0.25) is 0 Å². The van der Waals surface area contributed by atoms with E-state index in [1.54, 1.807) is 24.3 Å². The van der Waals surface area contributed by atoms with Crippen LogP contribution in [0.3, 0.4) is 0 Å². The summed E-state index contributed by atoms with van der Waals surface area (Å²) in [5.41, 5.74) is 0.634. The number of sulfonamides is 1. The maximum absolute atomic E-state index is 12.5. The maximum Gasteiger partial charge on any atom is 0.241 e. The van der Waals surface area contributed by atoms with Crippen LogP contribution < -0.4 is 4.72 Å². The van der Waals surface area contributed by atoms with E-state index in [1.165, 1.54) is 12.5 Å². The lowest BCUT2D eigenvalue weighted by molar-refractivity contribution is 0.168. The summed E-state index contributed by atoms with van der Waals surface area (Å²) >= 11 is 0. The second-order valence-electron chi connectivity index (χ2n) is 5.24. The van der Waals surface area contributed by atoms with Crippen LogP contribution in [-0.2, 0) is 10.0 Å². The Kier molecular flexibility index (Phi) is 4.47. The van der Waals surface area contributed by atoms with E-state index >= 15 is 0 Å². The molecule has 0 saturated heterocycles. The minimum absolute atomic E-state index is 0.137. The first kappa shape index (κ1) is 15.7. The van der Waals surface area contributed by atoms with Crippen LogP contribution in [0.2, 0.25) is 0 Å². The van der Waals surface area contributed by atoms with E-state index < -0.39 is 16.1 Å². The molecule has 0 amide bonds. The molecule has 1 aromatic heterocycles. The van der Waals surface area contributed by atoms with Crippen LogP contribution in [0.4, 0.5) is 0 Å². The highest BCUT2D eigenvalue weighted by atomic mass is 32.2. The Morgan fingerprint density at radius 2 is 1.87 bits per heavy atom. The van der Waals surface area contributed by atoms with E-state index in [9.17, 15) is 13.5 Å². The number of aliphatic hydroxyl groups excluding tert-OH is 1. The van der Waals surface area contributed by atoms with Crippen molar-refractivity contribution in [2.24, 2.45) is 0 Å². The zero-order valence-corrected chi connectivity index (χ0v) is 13.2. The zero-order valence-electron chi connectivity index (χ0n) is 12.3. The number of furan rings is 1. The van der Waals surface area contributed by atoms with Crippen molar-refractivity contribution in [1.29, 1.82) is 0 Å². The molecule has 5 nitrogen and oxygen atoms in total. The van der Waals surface area contributed by atoms with Gasteiger partial charge in [-0.05, 0) is 23.9 Å². The van der Waals surface area contributed by atoms with E-state index in [-0.39, 0.29) is 17.9 Å². The molecule has 3 aromatic rings. The lowest BCUT2D eigenvalue weighted by Gasteiger charge is -2.11. The van der Waals surface area contributed by atoms with Crippen molar-refractivity contribution in [3.63, 3.8) is 0 Å². The molecule has 0 spiro atoms. The number of nitrogens with one attached hydrogen (secondary N) is 1. The molecule has 1 unspecified atom stereocenters. The van der Waals surface area contributed by atoms with Gasteiger partial charge in [0.25, 0.3) is 0 Å². The summed E-state index contributed by atoms with van der Waals surface area (Å²) in [7, 11) is -3.64. The van der Waals surface area contributed by atoms with Crippen LogP contribution in [0, 0.1) is 0 Å². The molecule has 120 valence electrons. The molecule has 0 radical (unpaired) electrons. The predicted molar refractivity (Wildman–Crippen MR) is 87.4 cm³/mol. The van der Waals surface area contributed by atoms with Crippen molar-refractivity contribution in [3.05, 3.63) is 66.6 Å². The third kappa shape index (κ3) is 3.44. The van der Waals surface area contributed by atoms with Gasteiger partial charge in [-0.1, -0.05) is 36.4 Å². The normalized spacial score (nSPS) is 13.3. The molecule has 2 N–H and O–H groups in total. The Labute approximate surface area is 134 Å². The third-order valence-corrected chi connectivity index (χ3v) is 5.20. The molecular formula is C17H17NO4S. The fourth-order valence-corrected chi connectivity index (χ4v) is 3.74. The monoisotopic (exact) mass is 331 g/mol. The fourth-order valence-electron chi connectivity index (χ4n) is 2.47. The molecule has 0 aliphatic carbocycles. The summed E-state index contributed by atoms with van der Waals surface area (Å²) in [6.07, 6.45) is 2.43. The quantitative estimate of drug-likeness (QED) is 0.728. The molecule has 0 fully saturated rings. The van der Waals surface area contributed by atoms with Crippen LogP contribution in [0.15, 0.2) is 70.4 Å². The minimum atomic E-state index is -3.64. The summed E-state index contributed by atoms with van der Waals surface area (Å²) < 4.78 is 32.4. The highest BCUT2D eigenvalue weighted by molar-refractivity contribution is 7.89. The van der Waals surface area contributed by atoms with Gasteiger partial charge in [-0.25, -0.2) is 13.1 Å². The number of hydrogen-bond acceptors (Lipinski definition) is 4. The first-order valence-corrected chi connectivity index (χ1v) is 8.74. The Morgan fingerprint density at radius 1 is 1.09 bits per heavy atom. The average molecular weight is 331 g/mol. The fraction of sp³-hybridized carbons (Fsp3) is 0.176. The Bertz CT molecular complexity index is 883. The van der Waals surface area contributed by atoms with E-state index in [0.717, 1.165) is 5.39 Å². The molecule has 0 aliphatic rings. The molecule has 1 atom stereocenters. The highest BCUT2D eigenvalue weighted by Crippen LogP contribution is 2.23. The lowest BCUT2D eigenvalue weighted by atomic mass is 10.1. The van der Waals surface area contributed by atoms with Crippen molar-refractivity contribution in [1.82, 2.24) is 4.72 Å². The van der Waals surface area contributed by atoms with Crippen molar-refractivity contribution in [2.75, 3.05) is 6.54 Å². The Hall–Kier alpha value is -2.15. The number of hydrogen-bond donors (Lipinski definition) is 2. The molecule has 0 aliphatic heterocycles. The third-order valence-electron chi connectivity index (χ3n) is 3.68. The predicted octanol–water partition coefficient (Wildman–Crippen LogP) is 2.83. The van der Waals surface area contributed by atoms with E-state index in [4.69, 9.17) is 4.42 Å². The van der Waals surface area contributed by atoms with Gasteiger partial charge >= 0.3 is 0 Å². The highest BCUT2D eigenvalue weighted by Gasteiger charge is 2.17. The van der Waals surface area contributed by atoms with Crippen molar-refractivity contribution in [2.45, 2.75) is 17.4 Å². The number of rotatable bonds is 6. The molecule has 0 saturated carbocycles. The summed E-state index contributed by atoms with van der Waals surface area (Å²) in [6, 6.07) is 14.2. The lowest BCUT2D eigenvalue weighted by Crippen LogP contribution is -2.26. The standard InChI is InChI=1S/C17H17NO4S/c19-16(14-9-11-22-12-14)8-10-18-23(20,21)17-7-3-5-13-4-1-2-6-15(13)17/h1-7,9,11-12,16,18-19H,8,10H2. The number of aliphatic hydroxyl groups is 1. The van der Waals surface area contributed by atoms with Crippen molar-refractivity contribution < 1.29 is 17.9 Å². The van der Waals surface area contributed by atoms with E-state index in [0.29, 0.717) is 10.9 Å². The van der Waals surface area contributed by atoms with Gasteiger partial charge in [-0.2, -0.15) is 0 Å². The smallest absolute Gasteiger partial charge is 0.241 e. The van der Waals surface area contributed by atoms with Crippen molar-refractivity contribution in [3.8, 4) is 0 Å². The second-order valence-corrected chi connectivity index (χ2v) is 6.97. The minimum Gasteiger partial charge on any atom is -0.472 e. The second kappa shape index (κ2) is 6.54.